The standard InChI is InChI=1S/2C20H26O5.2C17H14.2C10H8O.C10H8.10C2H6/c2*1-5-13-6-14(7-16(10-23-2)19(13)21)15-8-17(11-24-3)20(22)18(9-15)12-25-4;2*1-2-7-14(8-3-1)13-16-11-6-10-15-9-4-5-12-17(15)16;2*11-10-7-3-5-8-4-1-2-6-9(8)10;1-2-6-10-8-4-3-7-9(10)5-1;10*1-2/h2*6-9,21-22H,5,10-12H2,1-4H3;2*1-12H,13H2;2*1-7,11H;1-8H;10*1-2H3. The van der Waals surface area contributed by atoms with E-state index in [0.29, 0.717) is 86.2 Å². The van der Waals surface area contributed by atoms with Crippen LogP contribution in [0.15, 0.2) is 328 Å². The molecule has 732 valence electrons. The largest absolute Gasteiger partial charge is 0.507 e. The molecule has 0 heterocycles. The van der Waals surface area contributed by atoms with Gasteiger partial charge in [0.05, 0.1) is 39.6 Å². The Labute approximate surface area is 819 Å². The zero-order chi connectivity index (χ0) is 102. The molecule has 0 amide bonds. The molecular formula is C124H164O12. The van der Waals surface area contributed by atoms with E-state index in [-0.39, 0.29) is 23.0 Å². The van der Waals surface area contributed by atoms with E-state index in [1.165, 1.54) is 54.6 Å². The Hall–Kier alpha value is -12.6. The number of benzene rings is 16. The number of hydrogen-bond acceptors (Lipinski definition) is 12. The summed E-state index contributed by atoms with van der Waals surface area (Å²) in [5.41, 5.74) is 15.3. The second-order valence-electron chi connectivity index (χ2n) is 27.8. The first kappa shape index (κ1) is 123. The van der Waals surface area contributed by atoms with E-state index in [9.17, 15) is 30.6 Å². The van der Waals surface area contributed by atoms with Crippen molar-refractivity contribution in [1.82, 2.24) is 0 Å². The first-order valence-corrected chi connectivity index (χ1v) is 48.8. The molecule has 0 atom stereocenters. The number of hydrogen-bond donors (Lipinski definition) is 6. The fourth-order valence-corrected chi connectivity index (χ4v) is 13.9. The van der Waals surface area contributed by atoms with E-state index in [0.717, 1.165) is 78.9 Å². The van der Waals surface area contributed by atoms with Crippen LogP contribution in [0.2, 0.25) is 0 Å². The highest BCUT2D eigenvalue weighted by atomic mass is 16.5. The van der Waals surface area contributed by atoms with Gasteiger partial charge < -0.3 is 59.1 Å². The van der Waals surface area contributed by atoms with E-state index in [1.807, 2.05) is 274 Å². The quantitative estimate of drug-likeness (QED) is 0.0426. The Kier molecular flexibility index (Phi) is 69.5. The van der Waals surface area contributed by atoms with E-state index in [4.69, 9.17) is 28.4 Å². The minimum Gasteiger partial charge on any atom is -0.507 e. The van der Waals surface area contributed by atoms with Gasteiger partial charge in [0.2, 0.25) is 0 Å². The molecule has 0 aromatic heterocycles. The van der Waals surface area contributed by atoms with Crippen molar-refractivity contribution in [2.24, 2.45) is 0 Å². The van der Waals surface area contributed by atoms with Gasteiger partial charge in [-0.15, -0.1) is 0 Å². The number of phenols is 6. The molecule has 6 N–H and O–H groups in total. The highest BCUT2D eigenvalue weighted by molar-refractivity contribution is 5.90. The molecule has 16 aromatic rings. The van der Waals surface area contributed by atoms with Crippen LogP contribution in [0, 0.1) is 0 Å². The van der Waals surface area contributed by atoms with Gasteiger partial charge in [0, 0.05) is 86.8 Å². The summed E-state index contributed by atoms with van der Waals surface area (Å²) in [6.45, 7) is 45.9. The average Bonchev–Trinajstić information content (AvgIpc) is 0.793. The molecule has 0 radical (unpaired) electrons. The normalized spacial score (nSPS) is 9.53. The molecule has 136 heavy (non-hydrogen) atoms. The fourth-order valence-electron chi connectivity index (χ4n) is 13.9. The lowest BCUT2D eigenvalue weighted by Gasteiger charge is -2.15. The Morgan fingerprint density at radius 1 is 0.176 bits per heavy atom. The SMILES string of the molecule is CC.CC.CC.CC.CC.CC.CC.CC.CC.CC.CCc1cc(-c2cc(COC)c(O)c(COC)c2)cc(COC)c1O.CCc1cc(-c2cc(COC)c(O)c(COC)c2)cc(COC)c1O.Oc1cccc2ccccc12.Oc1cccc2ccccc12.c1ccc(Cc2cccc3ccccc23)cc1.c1ccc(Cc2cccc3ccccc23)cc1.c1ccc2ccccc2c1. The second kappa shape index (κ2) is 76.6. The number of rotatable bonds is 20. The van der Waals surface area contributed by atoms with E-state index in [2.05, 4.69) is 194 Å². The van der Waals surface area contributed by atoms with Gasteiger partial charge in [-0.25, -0.2) is 0 Å². The summed E-state index contributed by atoms with van der Waals surface area (Å²) in [5.74, 6) is 1.64. The van der Waals surface area contributed by atoms with Crippen molar-refractivity contribution in [3.63, 3.8) is 0 Å². The van der Waals surface area contributed by atoms with Crippen molar-refractivity contribution in [3.05, 3.63) is 394 Å². The molecule has 12 heteroatoms. The zero-order valence-electron chi connectivity index (χ0n) is 87.4. The van der Waals surface area contributed by atoms with Gasteiger partial charge >= 0.3 is 0 Å². The third kappa shape index (κ3) is 40.9. The molecule has 0 aliphatic heterocycles. The number of phenolic OH excluding ortho intramolecular Hbond substituents is 6. The Morgan fingerprint density at radius 2 is 0.353 bits per heavy atom. The van der Waals surface area contributed by atoms with Crippen LogP contribution in [0.1, 0.15) is 219 Å². The van der Waals surface area contributed by atoms with Crippen molar-refractivity contribution in [3.8, 4) is 56.8 Å². The molecule has 0 fully saturated rings. The topological polar surface area (TPSA) is 177 Å². The molecule has 12 nitrogen and oxygen atoms in total. The number of aryl methyl sites for hydroxylation is 2. The first-order chi connectivity index (χ1) is 66.7. The molecule has 16 aromatic carbocycles. The molecule has 0 aliphatic carbocycles. The van der Waals surface area contributed by atoms with Gasteiger partial charge in [0.15, 0.2) is 0 Å². The summed E-state index contributed by atoms with van der Waals surface area (Å²) in [7, 11) is 9.57. The van der Waals surface area contributed by atoms with Crippen LogP contribution in [-0.2, 0) is 93.7 Å². The minimum atomic E-state index is 0.194. The van der Waals surface area contributed by atoms with Crippen LogP contribution < -0.4 is 0 Å². The molecule has 0 aliphatic rings. The Balaban J connectivity index is 0.00000154. The van der Waals surface area contributed by atoms with Crippen molar-refractivity contribution in [2.75, 3.05) is 42.7 Å². The third-order valence-corrected chi connectivity index (χ3v) is 19.7. The zero-order valence-corrected chi connectivity index (χ0v) is 87.4. The van der Waals surface area contributed by atoms with E-state index >= 15 is 0 Å². The van der Waals surface area contributed by atoms with Crippen LogP contribution in [0.3, 0.4) is 0 Å². The van der Waals surface area contributed by atoms with Crippen LogP contribution in [0.5, 0.6) is 34.5 Å². The van der Waals surface area contributed by atoms with E-state index in [1.54, 1.807) is 54.8 Å². The summed E-state index contributed by atoms with van der Waals surface area (Å²) in [4.78, 5) is 0. The van der Waals surface area contributed by atoms with Crippen molar-refractivity contribution in [1.29, 1.82) is 0 Å². The van der Waals surface area contributed by atoms with Crippen LogP contribution in [0.25, 0.3) is 76.1 Å². The van der Waals surface area contributed by atoms with Crippen molar-refractivity contribution < 1.29 is 59.1 Å². The summed E-state index contributed by atoms with van der Waals surface area (Å²) < 4.78 is 31.2. The number of methoxy groups -OCH3 is 6. The highest BCUT2D eigenvalue weighted by Gasteiger charge is 2.18. The third-order valence-electron chi connectivity index (χ3n) is 19.7. The smallest absolute Gasteiger partial charge is 0.126 e. The van der Waals surface area contributed by atoms with Gasteiger partial charge in [-0.05, 0) is 185 Å². The lowest BCUT2D eigenvalue weighted by molar-refractivity contribution is 0.174. The molecule has 0 saturated heterocycles. The summed E-state index contributed by atoms with van der Waals surface area (Å²) >= 11 is 0. The monoisotopic (exact) mass is 1850 g/mol. The lowest BCUT2D eigenvalue weighted by Crippen LogP contribution is -1.98. The maximum absolute atomic E-state index is 10.4. The molecular weight excluding hydrogens is 1680 g/mol. The molecule has 0 unspecified atom stereocenters. The molecule has 0 saturated carbocycles. The van der Waals surface area contributed by atoms with Crippen LogP contribution in [0.4, 0.5) is 0 Å². The van der Waals surface area contributed by atoms with Crippen LogP contribution >= 0.6 is 0 Å². The highest BCUT2D eigenvalue weighted by Crippen LogP contribution is 2.39. The Morgan fingerprint density at radius 3 is 0.574 bits per heavy atom. The lowest BCUT2D eigenvalue weighted by atomic mass is 9.94. The van der Waals surface area contributed by atoms with Gasteiger partial charge in [-0.2, -0.15) is 0 Å². The average molecular weight is 1850 g/mol. The summed E-state index contributed by atoms with van der Waals surface area (Å²) in [6, 6.07) is 110. The summed E-state index contributed by atoms with van der Waals surface area (Å²) in [5, 5.41) is 72.2. The number of ether oxygens (including phenoxy) is 6. The predicted molar refractivity (Wildman–Crippen MR) is 588 cm³/mol. The minimum absolute atomic E-state index is 0.194. The first-order valence-electron chi connectivity index (χ1n) is 48.8. The maximum atomic E-state index is 10.4. The number of aromatic hydroxyl groups is 6. The number of fused-ring (bicyclic) bond motifs is 5. The molecule has 16 rings (SSSR count). The fraction of sp³-hybridized carbons (Fsp3) is 0.306. The molecule has 0 spiro atoms. The van der Waals surface area contributed by atoms with Crippen molar-refractivity contribution >= 4 is 53.9 Å². The summed E-state index contributed by atoms with van der Waals surface area (Å²) in [6.07, 6.45) is 3.43. The van der Waals surface area contributed by atoms with Gasteiger partial charge in [-0.3, -0.25) is 0 Å². The maximum Gasteiger partial charge on any atom is 0.126 e. The van der Waals surface area contributed by atoms with E-state index < -0.39 is 0 Å². The van der Waals surface area contributed by atoms with Crippen molar-refractivity contribution in [2.45, 2.75) is 218 Å². The Bertz CT molecular complexity index is 5310. The van der Waals surface area contributed by atoms with Crippen LogP contribution in [-0.4, -0.2) is 73.3 Å². The predicted octanol–water partition coefficient (Wildman–Crippen LogP) is 34.6. The van der Waals surface area contributed by atoms with Gasteiger partial charge in [0.25, 0.3) is 0 Å². The molecule has 0 bridgehead atoms. The van der Waals surface area contributed by atoms with Gasteiger partial charge in [0.1, 0.15) is 34.5 Å². The second-order valence-corrected chi connectivity index (χ2v) is 27.8. The van der Waals surface area contributed by atoms with Gasteiger partial charge in [-0.1, -0.05) is 419 Å².